The fourth-order valence-electron chi connectivity index (χ4n) is 2.92. The summed E-state index contributed by atoms with van der Waals surface area (Å²) in [6, 6.07) is 1.85. The zero-order valence-electron chi connectivity index (χ0n) is 12.5. The Bertz CT molecular complexity index is 462. The number of nitrogens with zero attached hydrogens (tertiary/aromatic N) is 2. The van der Waals surface area contributed by atoms with Gasteiger partial charge in [-0.25, -0.2) is 0 Å². The van der Waals surface area contributed by atoms with Crippen LogP contribution in [0.15, 0.2) is 6.07 Å². The fourth-order valence-corrected chi connectivity index (χ4v) is 2.92. The largest absolute Gasteiger partial charge is 0.394 e. The summed E-state index contributed by atoms with van der Waals surface area (Å²) < 4.78 is 1.74. The lowest BCUT2D eigenvalue weighted by molar-refractivity contribution is 0.0748. The zero-order valence-corrected chi connectivity index (χ0v) is 12.5. The highest BCUT2D eigenvalue weighted by Crippen LogP contribution is 2.28. The van der Waals surface area contributed by atoms with Gasteiger partial charge in [0.05, 0.1) is 17.8 Å². The van der Waals surface area contributed by atoms with Gasteiger partial charge in [0.15, 0.2) is 0 Å². The topological polar surface area (TPSA) is 67.2 Å². The molecule has 1 heterocycles. The number of hydrogen-bond donors (Lipinski definition) is 2. The van der Waals surface area contributed by atoms with Crippen molar-refractivity contribution in [1.82, 2.24) is 15.1 Å². The molecule has 2 rings (SSSR count). The number of carbonyl (C=O) groups is 1. The first-order valence-electron chi connectivity index (χ1n) is 7.64. The molecule has 0 saturated heterocycles. The SMILES string of the molecule is CCc1cc(C(=O)NC2(CO)CCCCC2)n(CC)n1. The summed E-state index contributed by atoms with van der Waals surface area (Å²) in [7, 11) is 0. The Morgan fingerprint density at radius 3 is 2.65 bits per heavy atom. The molecule has 5 heteroatoms. The van der Waals surface area contributed by atoms with Gasteiger partial charge < -0.3 is 10.4 Å². The molecule has 1 saturated carbocycles. The lowest BCUT2D eigenvalue weighted by Gasteiger charge is -2.36. The first kappa shape index (κ1) is 15.0. The van der Waals surface area contributed by atoms with Gasteiger partial charge in [0.2, 0.25) is 0 Å². The first-order chi connectivity index (χ1) is 9.64. The van der Waals surface area contributed by atoms with Crippen LogP contribution in [0.5, 0.6) is 0 Å². The van der Waals surface area contributed by atoms with Crippen molar-refractivity contribution < 1.29 is 9.90 Å². The van der Waals surface area contributed by atoms with Crippen molar-refractivity contribution in [2.24, 2.45) is 0 Å². The molecule has 0 bridgehead atoms. The molecule has 1 aromatic heterocycles. The van der Waals surface area contributed by atoms with E-state index in [4.69, 9.17) is 0 Å². The van der Waals surface area contributed by atoms with Crippen molar-refractivity contribution in [2.45, 2.75) is 64.5 Å². The number of aryl methyl sites for hydroxylation is 2. The van der Waals surface area contributed by atoms with Gasteiger partial charge in [0.25, 0.3) is 5.91 Å². The van der Waals surface area contributed by atoms with E-state index in [1.165, 1.54) is 6.42 Å². The minimum absolute atomic E-state index is 0.0135. The molecule has 2 N–H and O–H groups in total. The van der Waals surface area contributed by atoms with Gasteiger partial charge in [-0.15, -0.1) is 0 Å². The number of nitrogens with one attached hydrogen (secondary N) is 1. The molecule has 1 aromatic rings. The second-order valence-corrected chi connectivity index (χ2v) is 5.64. The molecule has 1 aliphatic carbocycles. The molecule has 0 spiro atoms. The van der Waals surface area contributed by atoms with E-state index >= 15 is 0 Å². The van der Waals surface area contributed by atoms with Crippen LogP contribution >= 0.6 is 0 Å². The van der Waals surface area contributed by atoms with E-state index in [0.29, 0.717) is 12.2 Å². The fraction of sp³-hybridized carbons (Fsp3) is 0.733. The van der Waals surface area contributed by atoms with Crippen molar-refractivity contribution in [3.05, 3.63) is 17.5 Å². The van der Waals surface area contributed by atoms with Gasteiger partial charge in [-0.2, -0.15) is 5.10 Å². The number of rotatable bonds is 5. The van der Waals surface area contributed by atoms with Crippen LogP contribution < -0.4 is 5.32 Å². The maximum Gasteiger partial charge on any atom is 0.270 e. The molecule has 0 aromatic carbocycles. The third kappa shape index (κ3) is 3.03. The Kier molecular flexibility index (Phi) is 4.81. The maximum atomic E-state index is 12.5. The van der Waals surface area contributed by atoms with Gasteiger partial charge in [-0.1, -0.05) is 26.2 Å². The van der Waals surface area contributed by atoms with E-state index < -0.39 is 5.54 Å². The standard InChI is InChI=1S/C15H25N3O2/c1-3-12-10-13(18(4-2)17-12)14(20)16-15(11-19)8-6-5-7-9-15/h10,19H,3-9,11H2,1-2H3,(H,16,20). The summed E-state index contributed by atoms with van der Waals surface area (Å²) in [5.41, 5.74) is 1.09. The smallest absolute Gasteiger partial charge is 0.270 e. The number of carbonyl (C=O) groups excluding carboxylic acids is 1. The molecule has 0 unspecified atom stereocenters. The predicted octanol–water partition coefficient (Wildman–Crippen LogP) is 1.89. The van der Waals surface area contributed by atoms with Crippen LogP contribution in [-0.4, -0.2) is 32.9 Å². The van der Waals surface area contributed by atoms with Crippen LogP contribution in [0.4, 0.5) is 0 Å². The Balaban J connectivity index is 2.16. The van der Waals surface area contributed by atoms with Crippen LogP contribution in [0, 0.1) is 0 Å². The molecule has 20 heavy (non-hydrogen) atoms. The number of hydrogen-bond acceptors (Lipinski definition) is 3. The molecule has 0 atom stereocenters. The summed E-state index contributed by atoms with van der Waals surface area (Å²) in [6.07, 6.45) is 5.84. The number of aliphatic hydroxyl groups is 1. The van der Waals surface area contributed by atoms with Crippen molar-refractivity contribution in [3.8, 4) is 0 Å². The molecular formula is C15H25N3O2. The summed E-state index contributed by atoms with van der Waals surface area (Å²) >= 11 is 0. The van der Waals surface area contributed by atoms with E-state index in [2.05, 4.69) is 10.4 Å². The van der Waals surface area contributed by atoms with Gasteiger partial charge in [0.1, 0.15) is 5.69 Å². The highest BCUT2D eigenvalue weighted by Gasteiger charge is 2.33. The lowest BCUT2D eigenvalue weighted by atomic mass is 9.82. The van der Waals surface area contributed by atoms with Crippen LogP contribution in [-0.2, 0) is 13.0 Å². The van der Waals surface area contributed by atoms with Crippen LogP contribution in [0.25, 0.3) is 0 Å². The molecule has 0 radical (unpaired) electrons. The van der Waals surface area contributed by atoms with Crippen LogP contribution in [0.3, 0.4) is 0 Å². The molecule has 0 aliphatic heterocycles. The minimum atomic E-state index is -0.440. The minimum Gasteiger partial charge on any atom is -0.394 e. The summed E-state index contributed by atoms with van der Waals surface area (Å²) in [5.74, 6) is -0.116. The Hall–Kier alpha value is -1.36. The Labute approximate surface area is 120 Å². The molecule has 1 aliphatic rings. The van der Waals surface area contributed by atoms with E-state index in [1.54, 1.807) is 4.68 Å². The Morgan fingerprint density at radius 1 is 1.40 bits per heavy atom. The Morgan fingerprint density at radius 2 is 2.10 bits per heavy atom. The van der Waals surface area contributed by atoms with Crippen molar-refractivity contribution in [1.29, 1.82) is 0 Å². The average Bonchev–Trinajstić information content (AvgIpc) is 2.91. The number of amides is 1. The number of aliphatic hydroxyl groups excluding tert-OH is 1. The highest BCUT2D eigenvalue weighted by molar-refractivity contribution is 5.93. The van der Waals surface area contributed by atoms with Gasteiger partial charge in [0, 0.05) is 6.54 Å². The first-order valence-corrected chi connectivity index (χ1v) is 7.64. The maximum absolute atomic E-state index is 12.5. The van der Waals surface area contributed by atoms with Crippen molar-refractivity contribution in [3.63, 3.8) is 0 Å². The third-order valence-electron chi connectivity index (χ3n) is 4.22. The number of aromatic nitrogens is 2. The molecule has 1 fully saturated rings. The zero-order chi connectivity index (χ0) is 14.6. The second-order valence-electron chi connectivity index (χ2n) is 5.64. The third-order valence-corrected chi connectivity index (χ3v) is 4.22. The molecular weight excluding hydrogens is 254 g/mol. The van der Waals surface area contributed by atoms with Gasteiger partial charge in [-0.05, 0) is 32.3 Å². The van der Waals surface area contributed by atoms with E-state index in [0.717, 1.165) is 37.8 Å². The van der Waals surface area contributed by atoms with Crippen molar-refractivity contribution in [2.75, 3.05) is 6.61 Å². The highest BCUT2D eigenvalue weighted by atomic mass is 16.3. The summed E-state index contributed by atoms with van der Waals surface area (Å²) in [5, 5.41) is 17.1. The molecule has 112 valence electrons. The van der Waals surface area contributed by atoms with Crippen LogP contribution in [0.1, 0.15) is 62.1 Å². The quantitative estimate of drug-likeness (QED) is 0.865. The van der Waals surface area contributed by atoms with E-state index in [9.17, 15) is 9.90 Å². The van der Waals surface area contributed by atoms with E-state index in [-0.39, 0.29) is 12.5 Å². The normalized spacial score (nSPS) is 17.9. The lowest BCUT2D eigenvalue weighted by Crippen LogP contribution is -2.52. The average molecular weight is 279 g/mol. The monoisotopic (exact) mass is 279 g/mol. The summed E-state index contributed by atoms with van der Waals surface area (Å²) in [6.45, 7) is 4.69. The van der Waals surface area contributed by atoms with Crippen molar-refractivity contribution >= 4 is 5.91 Å². The molecule has 1 amide bonds. The van der Waals surface area contributed by atoms with Crippen LogP contribution in [0.2, 0.25) is 0 Å². The van der Waals surface area contributed by atoms with E-state index in [1.807, 2.05) is 19.9 Å². The molecule has 5 nitrogen and oxygen atoms in total. The predicted molar refractivity (Wildman–Crippen MR) is 77.6 cm³/mol. The summed E-state index contributed by atoms with van der Waals surface area (Å²) in [4.78, 5) is 12.5. The van der Waals surface area contributed by atoms with Gasteiger partial charge in [-0.3, -0.25) is 9.48 Å². The second kappa shape index (κ2) is 6.39. The van der Waals surface area contributed by atoms with Gasteiger partial charge >= 0.3 is 0 Å².